The van der Waals surface area contributed by atoms with Crippen LogP contribution in [0.1, 0.15) is 39.0 Å². The van der Waals surface area contributed by atoms with Gasteiger partial charge in [0.1, 0.15) is 0 Å². The third-order valence-electron chi connectivity index (χ3n) is 5.09. The lowest BCUT2D eigenvalue weighted by Crippen LogP contribution is -2.49. The molecule has 0 amide bonds. The summed E-state index contributed by atoms with van der Waals surface area (Å²) < 4.78 is 48.4. The van der Waals surface area contributed by atoms with Gasteiger partial charge in [-0.1, -0.05) is 19.8 Å². The van der Waals surface area contributed by atoms with E-state index < -0.39 is 20.2 Å². The summed E-state index contributed by atoms with van der Waals surface area (Å²) in [6.07, 6.45) is 0.0198. The summed E-state index contributed by atoms with van der Waals surface area (Å²) in [5.41, 5.74) is -1.37. The Kier molecular flexibility index (Phi) is 5.72. The lowest BCUT2D eigenvalue weighted by Gasteiger charge is -2.50. The molecule has 0 radical (unpaired) electrons. The molecule has 0 aromatic heterocycles. The second kappa shape index (κ2) is 6.36. The first-order chi connectivity index (χ1) is 9.05. The molecule has 6 heteroatoms. The Morgan fingerprint density at radius 3 is 1.60 bits per heavy atom. The Labute approximate surface area is 121 Å². The molecular formula is C14H27F3O2Si. The molecule has 3 fully saturated rings. The highest BCUT2D eigenvalue weighted by Crippen LogP contribution is 2.59. The molecule has 3 aliphatic carbocycles. The molecule has 0 N–H and O–H groups in total. The fourth-order valence-electron chi connectivity index (χ4n) is 3.20. The first kappa shape index (κ1) is 18.0. The Balaban J connectivity index is 0.000000246. The maximum Gasteiger partial charge on any atom is 0.394 e. The van der Waals surface area contributed by atoms with Crippen LogP contribution in [0.4, 0.5) is 13.2 Å². The molecule has 1 unspecified atom stereocenters. The summed E-state index contributed by atoms with van der Waals surface area (Å²) in [5, 5.41) is 0. The molecule has 0 spiro atoms. The Bertz CT molecular complexity index is 306. The highest BCUT2D eigenvalue weighted by Gasteiger charge is 2.59. The van der Waals surface area contributed by atoms with Crippen LogP contribution in [-0.4, -0.2) is 29.0 Å². The number of rotatable bonds is 2. The first-order valence-corrected chi connectivity index (χ1v) is 10.0. The zero-order valence-corrected chi connectivity index (χ0v) is 14.1. The predicted octanol–water partition coefficient (Wildman–Crippen LogP) is 4.75. The van der Waals surface area contributed by atoms with E-state index in [1.165, 1.54) is 6.92 Å². The Hall–Kier alpha value is -0.0731. The van der Waals surface area contributed by atoms with Crippen LogP contribution in [-0.2, 0) is 8.85 Å². The summed E-state index contributed by atoms with van der Waals surface area (Å²) in [6.45, 7) is 5.41. The zero-order valence-electron chi connectivity index (χ0n) is 13.1. The van der Waals surface area contributed by atoms with Crippen molar-refractivity contribution in [2.24, 2.45) is 17.3 Å². The van der Waals surface area contributed by atoms with Gasteiger partial charge >= 0.3 is 14.7 Å². The van der Waals surface area contributed by atoms with Crippen molar-refractivity contribution in [2.45, 2.75) is 58.3 Å². The summed E-state index contributed by atoms with van der Waals surface area (Å²) in [6, 6.07) is 0. The molecule has 20 heavy (non-hydrogen) atoms. The molecule has 0 aromatic carbocycles. The fraction of sp³-hybridized carbons (Fsp3) is 1.00. The highest BCUT2D eigenvalue weighted by atomic mass is 28.4. The molecule has 0 aliphatic heterocycles. The predicted molar refractivity (Wildman–Crippen MR) is 75.7 cm³/mol. The van der Waals surface area contributed by atoms with Gasteiger partial charge in [-0.2, -0.15) is 13.2 Å². The molecular weight excluding hydrogens is 285 g/mol. The number of halogens is 3. The fourth-order valence-corrected chi connectivity index (χ4v) is 3.37. The van der Waals surface area contributed by atoms with E-state index in [2.05, 4.69) is 0 Å². The Morgan fingerprint density at radius 1 is 1.00 bits per heavy atom. The number of hydrogen-bond acceptors (Lipinski definition) is 2. The summed E-state index contributed by atoms with van der Waals surface area (Å²) in [5.74, 6) is 0.245. The lowest BCUT2D eigenvalue weighted by atomic mass is 9.56. The van der Waals surface area contributed by atoms with Crippen molar-refractivity contribution in [1.82, 2.24) is 0 Å². The SMILES string of the molecule is CC1(C(F)(F)F)CC2CCC1CC2.CO[Si](C)(C)OC. The minimum absolute atomic E-state index is 0.0995. The topological polar surface area (TPSA) is 18.5 Å². The van der Waals surface area contributed by atoms with Gasteiger partial charge in [0, 0.05) is 14.2 Å². The molecule has 3 rings (SSSR count). The van der Waals surface area contributed by atoms with Gasteiger partial charge in [0.05, 0.1) is 5.41 Å². The molecule has 3 saturated carbocycles. The van der Waals surface area contributed by atoms with Crippen molar-refractivity contribution in [3.63, 3.8) is 0 Å². The monoisotopic (exact) mass is 312 g/mol. The van der Waals surface area contributed by atoms with Gasteiger partial charge in [-0.25, -0.2) is 0 Å². The van der Waals surface area contributed by atoms with E-state index in [9.17, 15) is 13.2 Å². The number of fused-ring (bicyclic) bond motifs is 3. The lowest BCUT2D eigenvalue weighted by molar-refractivity contribution is -0.260. The van der Waals surface area contributed by atoms with Crippen LogP contribution >= 0.6 is 0 Å². The van der Waals surface area contributed by atoms with Gasteiger partial charge < -0.3 is 8.85 Å². The molecule has 0 saturated heterocycles. The van der Waals surface area contributed by atoms with Crippen molar-refractivity contribution < 1.29 is 22.0 Å². The second-order valence-electron chi connectivity index (χ2n) is 6.65. The van der Waals surface area contributed by atoms with Crippen LogP contribution in [0.25, 0.3) is 0 Å². The van der Waals surface area contributed by atoms with Crippen LogP contribution in [0.3, 0.4) is 0 Å². The Morgan fingerprint density at radius 2 is 1.45 bits per heavy atom. The minimum atomic E-state index is -3.99. The normalized spacial score (nSPS) is 33.6. The van der Waals surface area contributed by atoms with Crippen LogP contribution in [0.15, 0.2) is 0 Å². The van der Waals surface area contributed by atoms with Crippen molar-refractivity contribution >= 4 is 8.56 Å². The van der Waals surface area contributed by atoms with E-state index in [-0.39, 0.29) is 5.92 Å². The maximum absolute atomic E-state index is 12.8. The van der Waals surface area contributed by atoms with Gasteiger partial charge in [-0.05, 0) is 44.2 Å². The van der Waals surface area contributed by atoms with E-state index in [0.29, 0.717) is 12.3 Å². The van der Waals surface area contributed by atoms with Crippen molar-refractivity contribution in [1.29, 1.82) is 0 Å². The first-order valence-electron chi connectivity index (χ1n) is 7.23. The van der Waals surface area contributed by atoms with E-state index in [1.807, 2.05) is 13.1 Å². The average Bonchev–Trinajstić information content (AvgIpc) is 2.39. The standard InChI is InChI=1S/C10H15F3.C4H12O2Si/c1-9(10(11,12)13)6-7-2-4-8(9)5-3-7;1-5-7(3,4)6-2/h7-8H,2-6H2,1H3;1-4H3. The molecule has 120 valence electrons. The molecule has 3 aliphatic rings. The molecule has 2 nitrogen and oxygen atoms in total. The van der Waals surface area contributed by atoms with E-state index >= 15 is 0 Å². The van der Waals surface area contributed by atoms with Crippen LogP contribution in [0.2, 0.25) is 13.1 Å². The van der Waals surface area contributed by atoms with E-state index in [0.717, 1.165) is 25.7 Å². The van der Waals surface area contributed by atoms with E-state index in [1.54, 1.807) is 14.2 Å². The smallest absolute Gasteiger partial charge is 0.394 e. The van der Waals surface area contributed by atoms with Crippen molar-refractivity contribution in [2.75, 3.05) is 14.2 Å². The summed E-state index contributed by atoms with van der Waals surface area (Å²) in [4.78, 5) is 0. The van der Waals surface area contributed by atoms with Gasteiger partial charge in [0.25, 0.3) is 0 Å². The zero-order chi connectivity index (χ0) is 15.6. The second-order valence-corrected chi connectivity index (χ2v) is 10.3. The number of hydrogen-bond donors (Lipinski definition) is 0. The quantitative estimate of drug-likeness (QED) is 0.685. The average molecular weight is 312 g/mol. The van der Waals surface area contributed by atoms with Gasteiger partial charge in [-0.15, -0.1) is 0 Å². The summed E-state index contributed by atoms with van der Waals surface area (Å²) >= 11 is 0. The molecule has 0 heterocycles. The molecule has 2 bridgehead atoms. The number of alkyl halides is 3. The van der Waals surface area contributed by atoms with Gasteiger partial charge in [-0.3, -0.25) is 0 Å². The van der Waals surface area contributed by atoms with Crippen molar-refractivity contribution in [3.8, 4) is 0 Å². The van der Waals surface area contributed by atoms with E-state index in [4.69, 9.17) is 8.85 Å². The minimum Gasteiger partial charge on any atom is -0.398 e. The van der Waals surface area contributed by atoms with Gasteiger partial charge in [0.15, 0.2) is 0 Å². The van der Waals surface area contributed by atoms with Crippen LogP contribution in [0, 0.1) is 17.3 Å². The van der Waals surface area contributed by atoms with Crippen LogP contribution < -0.4 is 0 Å². The third-order valence-corrected chi connectivity index (χ3v) is 7.06. The maximum atomic E-state index is 12.8. The largest absolute Gasteiger partial charge is 0.398 e. The van der Waals surface area contributed by atoms with Gasteiger partial charge in [0.2, 0.25) is 0 Å². The molecule has 1 atom stereocenters. The third kappa shape index (κ3) is 3.98. The van der Waals surface area contributed by atoms with Crippen LogP contribution in [0.5, 0.6) is 0 Å². The molecule has 0 aromatic rings. The summed E-state index contributed by atoms with van der Waals surface area (Å²) in [7, 11) is 1.70. The highest BCUT2D eigenvalue weighted by molar-refractivity contribution is 6.64. The van der Waals surface area contributed by atoms with Crippen molar-refractivity contribution in [3.05, 3.63) is 0 Å².